The quantitative estimate of drug-likeness (QED) is 0.844. The first-order valence-corrected chi connectivity index (χ1v) is 9.13. The molecule has 1 aliphatic heterocycles. The van der Waals surface area contributed by atoms with E-state index in [9.17, 15) is 4.79 Å². The highest BCUT2D eigenvalue weighted by Gasteiger charge is 2.27. The van der Waals surface area contributed by atoms with Gasteiger partial charge in [0.15, 0.2) is 0 Å². The fraction of sp³-hybridized carbons (Fsp3) is 0.750. The summed E-state index contributed by atoms with van der Waals surface area (Å²) in [6, 6.07) is -0.359. The van der Waals surface area contributed by atoms with Crippen LogP contribution in [0.4, 0.5) is 0 Å². The SMILES string of the molecule is CCc1nc(CN2CCN(C(=O)C(N)C(C)CC)CC2)cs1.Cl. The first-order valence-electron chi connectivity index (χ1n) is 8.25. The van der Waals surface area contributed by atoms with Gasteiger partial charge in [-0.05, 0) is 12.3 Å². The van der Waals surface area contributed by atoms with Crippen LogP contribution in [0.2, 0.25) is 0 Å². The number of hydrogen-bond donors (Lipinski definition) is 1. The van der Waals surface area contributed by atoms with E-state index in [1.807, 2.05) is 11.8 Å². The van der Waals surface area contributed by atoms with Gasteiger partial charge in [0.1, 0.15) is 0 Å². The molecular formula is C16H29ClN4OS. The highest BCUT2D eigenvalue weighted by molar-refractivity contribution is 7.09. The molecule has 132 valence electrons. The maximum absolute atomic E-state index is 12.4. The molecule has 2 atom stereocenters. The molecule has 1 saturated heterocycles. The van der Waals surface area contributed by atoms with Crippen molar-refractivity contribution in [3.05, 3.63) is 16.1 Å². The zero-order valence-corrected chi connectivity index (χ0v) is 16.0. The molecule has 0 saturated carbocycles. The summed E-state index contributed by atoms with van der Waals surface area (Å²) in [4.78, 5) is 21.3. The molecule has 5 nitrogen and oxygen atoms in total. The Morgan fingerprint density at radius 3 is 2.52 bits per heavy atom. The van der Waals surface area contributed by atoms with E-state index in [1.165, 1.54) is 5.01 Å². The van der Waals surface area contributed by atoms with Crippen molar-refractivity contribution in [1.29, 1.82) is 0 Å². The number of carbonyl (C=O) groups is 1. The van der Waals surface area contributed by atoms with E-state index in [-0.39, 0.29) is 30.3 Å². The monoisotopic (exact) mass is 360 g/mol. The summed E-state index contributed by atoms with van der Waals surface area (Å²) in [5.41, 5.74) is 7.22. The summed E-state index contributed by atoms with van der Waals surface area (Å²) < 4.78 is 0. The van der Waals surface area contributed by atoms with Crippen molar-refractivity contribution < 1.29 is 4.79 Å². The van der Waals surface area contributed by atoms with Crippen LogP contribution in [0, 0.1) is 5.92 Å². The lowest BCUT2D eigenvalue weighted by Crippen LogP contribution is -2.54. The number of halogens is 1. The predicted molar refractivity (Wildman–Crippen MR) is 98.0 cm³/mol. The molecule has 1 aromatic heterocycles. The topological polar surface area (TPSA) is 62.5 Å². The molecular weight excluding hydrogens is 332 g/mol. The summed E-state index contributed by atoms with van der Waals surface area (Å²) in [6.45, 7) is 10.5. The zero-order chi connectivity index (χ0) is 16.1. The van der Waals surface area contributed by atoms with Crippen LogP contribution >= 0.6 is 23.7 Å². The summed E-state index contributed by atoms with van der Waals surface area (Å²) in [5.74, 6) is 0.351. The van der Waals surface area contributed by atoms with Crippen LogP contribution in [0.5, 0.6) is 0 Å². The Labute approximate surface area is 149 Å². The van der Waals surface area contributed by atoms with Gasteiger partial charge in [-0.3, -0.25) is 9.69 Å². The average Bonchev–Trinajstić information content (AvgIpc) is 3.01. The number of nitrogens with two attached hydrogens (primary N) is 1. The van der Waals surface area contributed by atoms with Crippen molar-refractivity contribution >= 4 is 29.7 Å². The Morgan fingerprint density at radius 2 is 2.00 bits per heavy atom. The van der Waals surface area contributed by atoms with Crippen molar-refractivity contribution in [2.24, 2.45) is 11.7 Å². The Balaban J connectivity index is 0.00000264. The van der Waals surface area contributed by atoms with Gasteiger partial charge in [0.05, 0.1) is 16.7 Å². The van der Waals surface area contributed by atoms with E-state index in [2.05, 4.69) is 29.1 Å². The number of rotatable bonds is 6. The van der Waals surface area contributed by atoms with Gasteiger partial charge in [0.2, 0.25) is 5.91 Å². The van der Waals surface area contributed by atoms with E-state index in [1.54, 1.807) is 11.3 Å². The fourth-order valence-electron chi connectivity index (χ4n) is 2.65. The number of hydrogen-bond acceptors (Lipinski definition) is 5. The molecule has 23 heavy (non-hydrogen) atoms. The van der Waals surface area contributed by atoms with Crippen LogP contribution in [0.15, 0.2) is 5.38 Å². The lowest BCUT2D eigenvalue weighted by Gasteiger charge is -2.36. The Bertz CT molecular complexity index is 488. The second-order valence-corrected chi connectivity index (χ2v) is 7.04. The van der Waals surface area contributed by atoms with Gasteiger partial charge in [-0.15, -0.1) is 23.7 Å². The maximum atomic E-state index is 12.4. The second-order valence-electron chi connectivity index (χ2n) is 6.10. The minimum absolute atomic E-state index is 0. The number of aromatic nitrogens is 1. The maximum Gasteiger partial charge on any atom is 0.239 e. The molecule has 2 unspecified atom stereocenters. The molecule has 0 aliphatic carbocycles. The van der Waals surface area contributed by atoms with Crippen LogP contribution in [0.1, 0.15) is 37.9 Å². The molecule has 0 spiro atoms. The summed E-state index contributed by atoms with van der Waals surface area (Å²) in [6.07, 6.45) is 1.94. The lowest BCUT2D eigenvalue weighted by atomic mass is 9.98. The van der Waals surface area contributed by atoms with Crippen molar-refractivity contribution in [2.45, 2.75) is 46.2 Å². The fourth-order valence-corrected chi connectivity index (χ4v) is 3.38. The van der Waals surface area contributed by atoms with Crippen molar-refractivity contribution in [3.63, 3.8) is 0 Å². The minimum Gasteiger partial charge on any atom is -0.339 e. The van der Waals surface area contributed by atoms with Gasteiger partial charge in [-0.1, -0.05) is 27.2 Å². The second kappa shape index (κ2) is 9.57. The van der Waals surface area contributed by atoms with Crippen molar-refractivity contribution in [1.82, 2.24) is 14.8 Å². The summed E-state index contributed by atoms with van der Waals surface area (Å²) in [7, 11) is 0. The number of piperazine rings is 1. The molecule has 7 heteroatoms. The number of carbonyl (C=O) groups excluding carboxylic acids is 1. The van der Waals surface area contributed by atoms with Crippen LogP contribution in [-0.4, -0.2) is 52.9 Å². The van der Waals surface area contributed by atoms with Gasteiger partial charge in [0, 0.05) is 38.1 Å². The third-order valence-corrected chi connectivity index (χ3v) is 5.56. The first kappa shape index (κ1) is 20.4. The smallest absolute Gasteiger partial charge is 0.239 e. The Morgan fingerprint density at radius 1 is 1.35 bits per heavy atom. The van der Waals surface area contributed by atoms with Crippen molar-refractivity contribution in [2.75, 3.05) is 26.2 Å². The van der Waals surface area contributed by atoms with Crippen molar-refractivity contribution in [3.8, 4) is 0 Å². The van der Waals surface area contributed by atoms with Crippen LogP contribution in [0.25, 0.3) is 0 Å². The molecule has 0 radical (unpaired) electrons. The number of thiazole rings is 1. The highest BCUT2D eigenvalue weighted by atomic mass is 35.5. The van der Waals surface area contributed by atoms with E-state index in [0.717, 1.165) is 51.3 Å². The van der Waals surface area contributed by atoms with Gasteiger partial charge >= 0.3 is 0 Å². The van der Waals surface area contributed by atoms with Gasteiger partial charge in [-0.2, -0.15) is 0 Å². The standard InChI is InChI=1S/C16H28N4OS.ClH/c1-4-12(3)15(17)16(21)20-8-6-19(7-9-20)10-13-11-22-14(5-2)18-13;/h11-12,15H,4-10,17H2,1-3H3;1H. The van der Waals surface area contributed by atoms with Gasteiger partial charge in [-0.25, -0.2) is 4.98 Å². The van der Waals surface area contributed by atoms with E-state index >= 15 is 0 Å². The first-order chi connectivity index (χ1) is 10.5. The third-order valence-electron chi connectivity index (χ3n) is 4.51. The Kier molecular flexibility index (Phi) is 8.47. The molecule has 1 aliphatic rings. The third kappa shape index (κ3) is 5.41. The molecule has 1 fully saturated rings. The van der Waals surface area contributed by atoms with Gasteiger partial charge < -0.3 is 10.6 Å². The number of nitrogens with zero attached hydrogens (tertiary/aromatic N) is 3. The van der Waals surface area contributed by atoms with Gasteiger partial charge in [0.25, 0.3) is 0 Å². The van der Waals surface area contributed by atoms with E-state index < -0.39 is 0 Å². The van der Waals surface area contributed by atoms with Crippen LogP contribution < -0.4 is 5.73 Å². The van der Waals surface area contributed by atoms with E-state index in [0.29, 0.717) is 0 Å². The average molecular weight is 361 g/mol. The normalized spacial score (nSPS) is 18.3. The molecule has 1 aromatic rings. The lowest BCUT2D eigenvalue weighted by molar-refractivity contribution is -0.135. The summed E-state index contributed by atoms with van der Waals surface area (Å²) >= 11 is 1.73. The molecule has 1 amide bonds. The molecule has 2 rings (SSSR count). The largest absolute Gasteiger partial charge is 0.339 e. The predicted octanol–water partition coefficient (Wildman–Crippen LogP) is 2.14. The molecule has 2 heterocycles. The van der Waals surface area contributed by atoms with E-state index in [4.69, 9.17) is 5.73 Å². The highest BCUT2D eigenvalue weighted by Crippen LogP contribution is 2.15. The zero-order valence-electron chi connectivity index (χ0n) is 14.3. The minimum atomic E-state index is -0.359. The molecule has 2 N–H and O–H groups in total. The summed E-state index contributed by atoms with van der Waals surface area (Å²) in [5, 5.41) is 3.35. The van der Waals surface area contributed by atoms with Crippen LogP contribution in [0.3, 0.4) is 0 Å². The number of aryl methyl sites for hydroxylation is 1. The molecule has 0 bridgehead atoms. The number of amides is 1. The Hall–Kier alpha value is -0.690. The molecule has 0 aromatic carbocycles. The van der Waals surface area contributed by atoms with Crippen LogP contribution in [-0.2, 0) is 17.8 Å².